The van der Waals surface area contributed by atoms with E-state index in [4.69, 9.17) is 4.43 Å². The summed E-state index contributed by atoms with van der Waals surface area (Å²) in [7, 11) is -2.71. The third-order valence-electron chi connectivity index (χ3n) is 3.32. The van der Waals surface area contributed by atoms with Gasteiger partial charge in [-0.1, -0.05) is 19.1 Å². The van der Waals surface area contributed by atoms with Gasteiger partial charge in [-0.05, 0) is 26.4 Å². The molecule has 1 saturated heterocycles. The van der Waals surface area contributed by atoms with Crippen molar-refractivity contribution < 1.29 is 9.53 Å². The van der Waals surface area contributed by atoms with Crippen LogP contribution in [-0.2, 0) is 4.43 Å². The smallest absolute Gasteiger partial charge is 0.177 e. The van der Waals surface area contributed by atoms with E-state index in [0.717, 1.165) is 6.42 Å². The minimum absolute atomic E-state index is 0.822. The molecule has 0 aromatic rings. The van der Waals surface area contributed by atoms with E-state index < -0.39 is 21.2 Å². The summed E-state index contributed by atoms with van der Waals surface area (Å²) in [6.07, 6.45) is 0.822. The molecule has 12 heavy (non-hydrogen) atoms. The van der Waals surface area contributed by atoms with Crippen LogP contribution in [0.4, 0.5) is 0 Å². The van der Waals surface area contributed by atoms with Gasteiger partial charge in [-0.3, -0.25) is 0 Å². The zero-order chi connectivity index (χ0) is 9.62. The van der Waals surface area contributed by atoms with Crippen molar-refractivity contribution in [3.05, 3.63) is 0 Å². The van der Waals surface area contributed by atoms with Crippen LogP contribution >= 0.6 is 0 Å². The van der Waals surface area contributed by atoms with Crippen molar-refractivity contribution in [1.29, 1.82) is 0 Å². The summed E-state index contributed by atoms with van der Waals surface area (Å²) in [5.74, 6) is -0.835. The molecule has 1 atom stereocenters. The lowest BCUT2D eigenvalue weighted by Crippen LogP contribution is -2.64. The highest BCUT2D eigenvalue weighted by Gasteiger charge is 2.50. The number of hydrogen-bond donors (Lipinski definition) is 1. The third-order valence-corrected chi connectivity index (χ3v) is 19.9. The van der Waals surface area contributed by atoms with E-state index >= 15 is 0 Å². The molecule has 0 saturated carbocycles. The van der Waals surface area contributed by atoms with E-state index in [1.165, 1.54) is 6.04 Å². The lowest BCUT2D eigenvalue weighted by molar-refractivity contribution is -0.132. The lowest BCUT2D eigenvalue weighted by Gasteiger charge is -2.48. The Kier molecular flexibility index (Phi) is 2.32. The molecule has 0 bridgehead atoms. The van der Waals surface area contributed by atoms with Gasteiger partial charge in [0.05, 0.1) is 7.59 Å². The highest BCUT2D eigenvalue weighted by atomic mass is 29.3. The zero-order valence-corrected chi connectivity index (χ0v) is 10.8. The number of aliphatic hydroxyl groups is 1. The monoisotopic (exact) mass is 204 g/mol. The van der Waals surface area contributed by atoms with Gasteiger partial charge in [0.15, 0.2) is 13.6 Å². The van der Waals surface area contributed by atoms with Crippen molar-refractivity contribution in [2.75, 3.05) is 0 Å². The van der Waals surface area contributed by atoms with E-state index in [9.17, 15) is 5.11 Å². The Morgan fingerprint density at radius 1 is 1.25 bits per heavy atom. The van der Waals surface area contributed by atoms with Crippen molar-refractivity contribution in [2.45, 2.75) is 51.4 Å². The Balaban J connectivity index is 2.82. The average molecular weight is 204 g/mol. The average Bonchev–Trinajstić information content (AvgIpc) is 1.79. The topological polar surface area (TPSA) is 29.5 Å². The van der Waals surface area contributed by atoms with Gasteiger partial charge in [-0.2, -0.15) is 0 Å². The second kappa shape index (κ2) is 2.67. The van der Waals surface area contributed by atoms with Gasteiger partial charge in [0, 0.05) is 0 Å². The SMILES string of the molecule is CC1(O)CC[Si](C)(C)[Si](C)(C)O1. The molecule has 1 unspecified atom stereocenters. The number of rotatable bonds is 0. The van der Waals surface area contributed by atoms with E-state index in [-0.39, 0.29) is 0 Å². The molecule has 0 radical (unpaired) electrons. The summed E-state index contributed by atoms with van der Waals surface area (Å²) in [5.41, 5.74) is 0. The molecule has 0 aromatic heterocycles. The first-order valence-electron chi connectivity index (χ1n) is 4.59. The molecule has 1 aliphatic heterocycles. The van der Waals surface area contributed by atoms with E-state index in [1.807, 2.05) is 0 Å². The molecular weight excluding hydrogens is 184 g/mol. The first kappa shape index (κ1) is 10.4. The predicted octanol–water partition coefficient (Wildman–Crippen LogP) is 2.11. The summed E-state index contributed by atoms with van der Waals surface area (Å²) < 4.78 is 5.83. The Labute approximate surface area is 76.9 Å². The normalized spacial score (nSPS) is 39.5. The highest BCUT2D eigenvalue weighted by Crippen LogP contribution is 2.37. The fourth-order valence-electron chi connectivity index (χ4n) is 1.58. The highest BCUT2D eigenvalue weighted by molar-refractivity contribution is 7.38. The summed E-state index contributed by atoms with van der Waals surface area (Å²) in [5, 5.41) is 9.78. The quantitative estimate of drug-likeness (QED) is 0.612. The molecule has 0 aliphatic carbocycles. The molecule has 4 heteroatoms. The molecule has 0 aromatic carbocycles. The molecule has 1 heterocycles. The minimum atomic E-state index is -1.56. The van der Waals surface area contributed by atoms with E-state index in [2.05, 4.69) is 26.2 Å². The molecular formula is C8H20O2Si2. The molecule has 72 valence electrons. The van der Waals surface area contributed by atoms with Crippen molar-refractivity contribution in [3.63, 3.8) is 0 Å². The second-order valence-electron chi connectivity index (χ2n) is 5.17. The fourth-order valence-corrected chi connectivity index (χ4v) is 8.42. The van der Waals surface area contributed by atoms with Crippen molar-refractivity contribution in [2.24, 2.45) is 0 Å². The third kappa shape index (κ3) is 1.81. The maximum Gasteiger partial charge on any atom is 0.177 e. The Morgan fingerprint density at radius 3 is 2.08 bits per heavy atom. The van der Waals surface area contributed by atoms with Crippen LogP contribution in [0.1, 0.15) is 13.3 Å². The van der Waals surface area contributed by atoms with Gasteiger partial charge in [0.2, 0.25) is 0 Å². The van der Waals surface area contributed by atoms with Crippen molar-refractivity contribution in [1.82, 2.24) is 0 Å². The summed E-state index contributed by atoms with van der Waals surface area (Å²) in [4.78, 5) is 0. The second-order valence-corrected chi connectivity index (χ2v) is 20.3. The van der Waals surface area contributed by atoms with Crippen LogP contribution in [0.15, 0.2) is 0 Å². The van der Waals surface area contributed by atoms with Gasteiger partial charge in [-0.15, -0.1) is 0 Å². The molecule has 1 fully saturated rings. The van der Waals surface area contributed by atoms with Crippen LogP contribution < -0.4 is 0 Å². The van der Waals surface area contributed by atoms with Gasteiger partial charge in [0.25, 0.3) is 0 Å². The van der Waals surface area contributed by atoms with Gasteiger partial charge in [-0.25, -0.2) is 0 Å². The summed E-state index contributed by atoms with van der Waals surface area (Å²) in [6.45, 7) is 11.0. The number of hydrogen-bond acceptors (Lipinski definition) is 2. The minimum Gasteiger partial charge on any atom is -0.394 e. The van der Waals surface area contributed by atoms with E-state index in [0.29, 0.717) is 0 Å². The summed E-state index contributed by atoms with van der Waals surface area (Å²) in [6, 6.07) is 1.21. The van der Waals surface area contributed by atoms with E-state index in [1.54, 1.807) is 6.92 Å². The Bertz CT molecular complexity index is 187. The van der Waals surface area contributed by atoms with Gasteiger partial charge >= 0.3 is 0 Å². The first-order chi connectivity index (χ1) is 5.16. The molecule has 1 aliphatic rings. The van der Waals surface area contributed by atoms with Crippen molar-refractivity contribution >= 4 is 15.4 Å². The largest absolute Gasteiger partial charge is 0.394 e. The molecule has 0 amide bonds. The standard InChI is InChI=1S/C8H20O2Si2/c1-8(9)6-7-11(2,3)12(4,5)10-8/h9H,6-7H2,1-5H3. The van der Waals surface area contributed by atoms with Crippen LogP contribution in [-0.4, -0.2) is 26.3 Å². The zero-order valence-electron chi connectivity index (χ0n) is 8.77. The molecule has 1 rings (SSSR count). The van der Waals surface area contributed by atoms with Crippen LogP contribution in [0.2, 0.25) is 32.2 Å². The van der Waals surface area contributed by atoms with Crippen LogP contribution in [0.3, 0.4) is 0 Å². The Morgan fingerprint density at radius 2 is 1.75 bits per heavy atom. The Hall–Kier alpha value is 0.354. The van der Waals surface area contributed by atoms with Gasteiger partial charge < -0.3 is 9.53 Å². The lowest BCUT2D eigenvalue weighted by atomic mass is 10.2. The maximum absolute atomic E-state index is 9.78. The first-order valence-corrected chi connectivity index (χ1v) is 11.7. The predicted molar refractivity (Wildman–Crippen MR) is 56.1 cm³/mol. The van der Waals surface area contributed by atoms with Crippen LogP contribution in [0.25, 0.3) is 0 Å². The summed E-state index contributed by atoms with van der Waals surface area (Å²) >= 11 is 0. The fraction of sp³-hybridized carbons (Fsp3) is 1.00. The van der Waals surface area contributed by atoms with Crippen LogP contribution in [0, 0.1) is 0 Å². The molecule has 0 spiro atoms. The van der Waals surface area contributed by atoms with Crippen LogP contribution in [0.5, 0.6) is 0 Å². The van der Waals surface area contributed by atoms with Crippen molar-refractivity contribution in [3.8, 4) is 0 Å². The molecule has 1 N–H and O–H groups in total. The maximum atomic E-state index is 9.78. The molecule has 2 nitrogen and oxygen atoms in total. The van der Waals surface area contributed by atoms with Gasteiger partial charge in [0.1, 0.15) is 0 Å².